The van der Waals surface area contributed by atoms with Crippen molar-refractivity contribution in [3.8, 4) is 0 Å². The smallest absolute Gasteiger partial charge is 0.253 e. The zero-order chi connectivity index (χ0) is 18.8. The van der Waals surface area contributed by atoms with Crippen LogP contribution in [0, 0.1) is 6.92 Å². The number of aromatic nitrogens is 1. The van der Waals surface area contributed by atoms with Gasteiger partial charge in [0, 0.05) is 62.3 Å². The molecule has 0 unspecified atom stereocenters. The summed E-state index contributed by atoms with van der Waals surface area (Å²) < 4.78 is 0. The van der Waals surface area contributed by atoms with Crippen LogP contribution in [-0.4, -0.2) is 59.1 Å². The molecule has 1 saturated heterocycles. The maximum absolute atomic E-state index is 12.8. The van der Waals surface area contributed by atoms with Gasteiger partial charge in [0.15, 0.2) is 0 Å². The standard InChI is InChI=1S/C20H25N5OS/c1-15-7-8-25(22-15)19-5-3-17(4-6-19)20(26)24-11-9-23(10-12-24)13-18-14-27-16(2)21-18/h3-6,14H,7-13H2,1-2H3. The van der Waals surface area contributed by atoms with Gasteiger partial charge in [0.05, 0.1) is 16.4 Å². The third-order valence-corrected chi connectivity index (χ3v) is 5.92. The van der Waals surface area contributed by atoms with Crippen LogP contribution in [-0.2, 0) is 6.54 Å². The van der Waals surface area contributed by atoms with Crippen LogP contribution in [0.15, 0.2) is 34.7 Å². The molecule has 7 heteroatoms. The van der Waals surface area contributed by atoms with Crippen LogP contribution in [0.3, 0.4) is 0 Å². The minimum absolute atomic E-state index is 0.117. The van der Waals surface area contributed by atoms with Gasteiger partial charge in [0.2, 0.25) is 0 Å². The molecule has 2 aliphatic heterocycles. The zero-order valence-corrected chi connectivity index (χ0v) is 16.7. The zero-order valence-electron chi connectivity index (χ0n) is 15.9. The first kappa shape index (κ1) is 18.1. The van der Waals surface area contributed by atoms with Crippen molar-refractivity contribution in [2.45, 2.75) is 26.8 Å². The molecule has 0 spiro atoms. The Kier molecular flexibility index (Phi) is 5.22. The Balaban J connectivity index is 1.32. The Labute approximate surface area is 164 Å². The summed E-state index contributed by atoms with van der Waals surface area (Å²) in [5.74, 6) is 0.117. The van der Waals surface area contributed by atoms with Crippen molar-refractivity contribution < 1.29 is 4.79 Å². The second-order valence-electron chi connectivity index (χ2n) is 7.18. The Hall–Kier alpha value is -2.25. The van der Waals surface area contributed by atoms with Crippen molar-refractivity contribution in [3.63, 3.8) is 0 Å². The Morgan fingerprint density at radius 2 is 1.81 bits per heavy atom. The van der Waals surface area contributed by atoms with Crippen LogP contribution in [0.4, 0.5) is 5.69 Å². The van der Waals surface area contributed by atoms with Crippen molar-refractivity contribution in [1.29, 1.82) is 0 Å². The first-order valence-electron chi connectivity index (χ1n) is 9.43. The van der Waals surface area contributed by atoms with E-state index < -0.39 is 0 Å². The minimum atomic E-state index is 0.117. The van der Waals surface area contributed by atoms with Crippen molar-refractivity contribution >= 4 is 28.6 Å². The highest BCUT2D eigenvalue weighted by Gasteiger charge is 2.23. The maximum Gasteiger partial charge on any atom is 0.253 e. The number of rotatable bonds is 4. The van der Waals surface area contributed by atoms with E-state index in [1.54, 1.807) is 11.3 Å². The molecular formula is C20H25N5OS. The van der Waals surface area contributed by atoms with E-state index in [9.17, 15) is 4.79 Å². The molecule has 0 aliphatic carbocycles. The van der Waals surface area contributed by atoms with Gasteiger partial charge in [0.25, 0.3) is 5.91 Å². The second-order valence-corrected chi connectivity index (χ2v) is 8.24. The molecule has 1 aromatic carbocycles. The highest BCUT2D eigenvalue weighted by Crippen LogP contribution is 2.21. The average molecular weight is 384 g/mol. The molecule has 0 bridgehead atoms. The van der Waals surface area contributed by atoms with E-state index in [0.717, 1.165) is 73.4 Å². The number of carbonyl (C=O) groups excluding carboxylic acids is 1. The van der Waals surface area contributed by atoms with Gasteiger partial charge in [-0.25, -0.2) is 4.98 Å². The molecule has 3 heterocycles. The molecular weight excluding hydrogens is 358 g/mol. The molecule has 1 fully saturated rings. The molecule has 142 valence electrons. The molecule has 27 heavy (non-hydrogen) atoms. The predicted molar refractivity (Wildman–Crippen MR) is 110 cm³/mol. The SMILES string of the molecule is CC1=NN(c2ccc(C(=O)N3CCN(Cc4csc(C)n4)CC3)cc2)CC1. The van der Waals surface area contributed by atoms with E-state index in [-0.39, 0.29) is 5.91 Å². The number of aryl methyl sites for hydroxylation is 1. The molecule has 2 aliphatic rings. The fourth-order valence-corrected chi connectivity index (χ4v) is 4.14. The normalized spacial score (nSPS) is 18.1. The molecule has 0 saturated carbocycles. The van der Waals surface area contributed by atoms with E-state index >= 15 is 0 Å². The highest BCUT2D eigenvalue weighted by molar-refractivity contribution is 7.09. The van der Waals surface area contributed by atoms with Crippen molar-refractivity contribution in [2.24, 2.45) is 5.10 Å². The molecule has 0 atom stereocenters. The van der Waals surface area contributed by atoms with Gasteiger partial charge in [-0.05, 0) is 38.1 Å². The number of benzene rings is 1. The lowest BCUT2D eigenvalue weighted by Gasteiger charge is -2.34. The number of amides is 1. The van der Waals surface area contributed by atoms with Crippen LogP contribution in [0.25, 0.3) is 0 Å². The average Bonchev–Trinajstić information content (AvgIpc) is 3.30. The van der Waals surface area contributed by atoms with Crippen LogP contribution >= 0.6 is 11.3 Å². The molecule has 0 N–H and O–H groups in total. The topological polar surface area (TPSA) is 52.0 Å². The van der Waals surface area contributed by atoms with E-state index in [4.69, 9.17) is 0 Å². The lowest BCUT2D eigenvalue weighted by molar-refractivity contribution is 0.0627. The molecule has 6 nitrogen and oxygen atoms in total. The Bertz CT molecular complexity index is 836. The fourth-order valence-electron chi connectivity index (χ4n) is 3.54. The monoisotopic (exact) mass is 383 g/mol. The van der Waals surface area contributed by atoms with E-state index in [2.05, 4.69) is 20.4 Å². The van der Waals surface area contributed by atoms with E-state index in [1.165, 1.54) is 0 Å². The summed E-state index contributed by atoms with van der Waals surface area (Å²) in [6.07, 6.45) is 1.01. The molecule has 2 aromatic rings. The molecule has 1 amide bonds. The summed E-state index contributed by atoms with van der Waals surface area (Å²) in [4.78, 5) is 21.7. The number of piperazine rings is 1. The van der Waals surface area contributed by atoms with E-state index in [0.29, 0.717) is 0 Å². The third-order valence-electron chi connectivity index (χ3n) is 5.10. The van der Waals surface area contributed by atoms with Crippen LogP contribution in [0.1, 0.15) is 34.4 Å². The van der Waals surface area contributed by atoms with Crippen LogP contribution in [0.2, 0.25) is 0 Å². The van der Waals surface area contributed by atoms with Gasteiger partial charge >= 0.3 is 0 Å². The van der Waals surface area contributed by atoms with Crippen molar-refractivity contribution in [2.75, 3.05) is 37.7 Å². The van der Waals surface area contributed by atoms with Gasteiger partial charge < -0.3 is 4.90 Å². The third kappa shape index (κ3) is 4.20. The first-order valence-corrected chi connectivity index (χ1v) is 10.3. The molecule has 1 aromatic heterocycles. The summed E-state index contributed by atoms with van der Waals surface area (Å²) in [5.41, 5.74) is 4.09. The molecule has 0 radical (unpaired) electrons. The lowest BCUT2D eigenvalue weighted by Crippen LogP contribution is -2.48. The van der Waals surface area contributed by atoms with Gasteiger partial charge in [-0.1, -0.05) is 0 Å². The Morgan fingerprint density at radius 3 is 2.41 bits per heavy atom. The number of carbonyl (C=O) groups is 1. The van der Waals surface area contributed by atoms with Gasteiger partial charge in [0.1, 0.15) is 0 Å². The highest BCUT2D eigenvalue weighted by atomic mass is 32.1. The molecule has 4 rings (SSSR count). The summed E-state index contributed by atoms with van der Waals surface area (Å²) in [6, 6.07) is 7.84. The van der Waals surface area contributed by atoms with Gasteiger partial charge in [-0.3, -0.25) is 14.7 Å². The predicted octanol–water partition coefficient (Wildman–Crippen LogP) is 3.00. The summed E-state index contributed by atoms with van der Waals surface area (Å²) in [7, 11) is 0. The summed E-state index contributed by atoms with van der Waals surface area (Å²) in [5, 5.41) is 9.75. The number of anilines is 1. The number of hydrazone groups is 1. The van der Waals surface area contributed by atoms with Gasteiger partial charge in [-0.15, -0.1) is 11.3 Å². The van der Waals surface area contributed by atoms with Gasteiger partial charge in [-0.2, -0.15) is 5.10 Å². The first-order chi connectivity index (χ1) is 13.1. The maximum atomic E-state index is 12.8. The fraction of sp³-hybridized carbons (Fsp3) is 0.450. The van der Waals surface area contributed by atoms with Crippen molar-refractivity contribution in [1.82, 2.24) is 14.8 Å². The number of thiazole rings is 1. The Morgan fingerprint density at radius 1 is 1.07 bits per heavy atom. The van der Waals surface area contributed by atoms with E-state index in [1.807, 2.05) is 48.0 Å². The van der Waals surface area contributed by atoms with Crippen LogP contribution in [0.5, 0.6) is 0 Å². The number of hydrogen-bond acceptors (Lipinski definition) is 6. The van der Waals surface area contributed by atoms with Crippen molar-refractivity contribution in [3.05, 3.63) is 45.9 Å². The number of hydrogen-bond donors (Lipinski definition) is 0. The largest absolute Gasteiger partial charge is 0.336 e. The second kappa shape index (κ2) is 7.78. The summed E-state index contributed by atoms with van der Waals surface area (Å²) >= 11 is 1.69. The minimum Gasteiger partial charge on any atom is -0.336 e. The summed E-state index contributed by atoms with van der Waals surface area (Å²) in [6.45, 7) is 9.18. The number of nitrogens with zero attached hydrogens (tertiary/aromatic N) is 5. The van der Waals surface area contributed by atoms with Crippen LogP contribution < -0.4 is 5.01 Å². The quantitative estimate of drug-likeness (QED) is 0.814. The lowest BCUT2D eigenvalue weighted by atomic mass is 10.1.